The number of hydrogen-bond acceptors (Lipinski definition) is 3. The lowest BCUT2D eigenvalue weighted by Gasteiger charge is -2.50. The Bertz CT molecular complexity index is 2420. The van der Waals surface area contributed by atoms with E-state index in [-0.39, 0.29) is 56.6 Å². The Balaban J connectivity index is 1.42. The van der Waals surface area contributed by atoms with Crippen molar-refractivity contribution in [3.63, 3.8) is 0 Å². The van der Waals surface area contributed by atoms with Crippen LogP contribution in [0.3, 0.4) is 0 Å². The minimum absolute atomic E-state index is 0.0208. The van der Waals surface area contributed by atoms with Crippen LogP contribution in [0.25, 0.3) is 0 Å². The molecule has 5 aliphatic rings. The highest BCUT2D eigenvalue weighted by molar-refractivity contribution is 6.94. The minimum atomic E-state index is -0.0812. The van der Waals surface area contributed by atoms with Crippen LogP contribution >= 0.6 is 0 Å². The van der Waals surface area contributed by atoms with Gasteiger partial charge in [-0.15, -0.1) is 0 Å². The van der Waals surface area contributed by atoms with E-state index in [1.54, 1.807) is 0 Å². The SMILES string of the molecule is CC(C)(C)c1ccc(N2C3=C(OC4C3C(C)(C)CCC4(C)C)B3c4cc5c(cc4N(c4ccc(C(C)(C)C)cc4)c4cc(C(C)(C)C)cc2c43)C(C)(C)CCC5(C)C)cc1. The second-order valence-corrected chi connectivity index (χ2v) is 25.3. The first-order chi connectivity index (χ1) is 27.6. The molecule has 2 aliphatic carbocycles. The Morgan fingerprint density at radius 1 is 0.517 bits per heavy atom. The highest BCUT2D eigenvalue weighted by atomic mass is 16.5. The van der Waals surface area contributed by atoms with Crippen molar-refractivity contribution in [2.45, 2.75) is 177 Å². The fourth-order valence-corrected chi connectivity index (χ4v) is 11.6. The van der Waals surface area contributed by atoms with Gasteiger partial charge in [0.05, 0.1) is 11.4 Å². The Kier molecular flexibility index (Phi) is 8.86. The second kappa shape index (κ2) is 12.8. The summed E-state index contributed by atoms with van der Waals surface area (Å²) in [4.78, 5) is 5.34. The van der Waals surface area contributed by atoms with E-state index in [1.807, 2.05) is 0 Å². The zero-order valence-corrected chi connectivity index (χ0v) is 40.3. The second-order valence-electron chi connectivity index (χ2n) is 25.3. The largest absolute Gasteiger partial charge is 0.501 e. The molecular weight excluding hydrogens is 727 g/mol. The smallest absolute Gasteiger partial charge is 0.295 e. The molecule has 1 fully saturated rings. The lowest BCUT2D eigenvalue weighted by atomic mass is 9.35. The molecule has 3 nitrogen and oxygen atoms in total. The summed E-state index contributed by atoms with van der Waals surface area (Å²) in [5.74, 6) is 0.243. The molecule has 4 aromatic carbocycles. The van der Waals surface area contributed by atoms with Gasteiger partial charge in [-0.2, -0.15) is 0 Å². The number of hydrogen-bond donors (Lipinski definition) is 0. The molecule has 2 atom stereocenters. The van der Waals surface area contributed by atoms with Crippen LogP contribution < -0.4 is 20.7 Å². The maximum atomic E-state index is 7.80. The van der Waals surface area contributed by atoms with Crippen molar-refractivity contribution in [2.75, 3.05) is 9.80 Å². The van der Waals surface area contributed by atoms with Crippen molar-refractivity contribution in [2.24, 2.45) is 16.7 Å². The molecular formula is C56H73BN2O. The fraction of sp³-hybridized carbons (Fsp3) is 0.536. The number of rotatable bonds is 2. The lowest BCUT2D eigenvalue weighted by molar-refractivity contribution is -0.0623. The van der Waals surface area contributed by atoms with Crippen LogP contribution in [0.1, 0.15) is 171 Å². The monoisotopic (exact) mass is 801 g/mol. The first-order valence-electron chi connectivity index (χ1n) is 23.2. The average molecular weight is 801 g/mol. The molecule has 0 aromatic heterocycles. The van der Waals surface area contributed by atoms with E-state index in [1.165, 1.54) is 97.8 Å². The molecule has 0 bridgehead atoms. The predicted molar refractivity (Wildman–Crippen MR) is 258 cm³/mol. The first kappa shape index (κ1) is 41.4. The van der Waals surface area contributed by atoms with Crippen molar-refractivity contribution in [3.05, 3.63) is 112 Å². The van der Waals surface area contributed by atoms with E-state index in [4.69, 9.17) is 4.74 Å². The van der Waals surface area contributed by atoms with Crippen LogP contribution in [-0.4, -0.2) is 12.8 Å². The number of ether oxygens (including phenoxy) is 1. The maximum Gasteiger partial charge on any atom is 0.295 e. The van der Waals surface area contributed by atoms with E-state index in [0.717, 1.165) is 6.42 Å². The molecule has 316 valence electrons. The quantitative estimate of drug-likeness (QED) is 0.188. The average Bonchev–Trinajstić information content (AvgIpc) is 3.57. The van der Waals surface area contributed by atoms with Crippen LogP contribution in [-0.2, 0) is 31.8 Å². The summed E-state index contributed by atoms with van der Waals surface area (Å²) in [6.45, 7) is 40.9. The molecule has 0 radical (unpaired) electrons. The Labute approximate surface area is 364 Å². The molecule has 0 saturated heterocycles. The van der Waals surface area contributed by atoms with E-state index >= 15 is 0 Å². The summed E-state index contributed by atoms with van der Waals surface area (Å²) in [5, 5.41) is 0. The van der Waals surface area contributed by atoms with Crippen molar-refractivity contribution >= 4 is 46.1 Å². The zero-order chi connectivity index (χ0) is 43.5. The normalized spacial score (nSPS) is 23.3. The molecule has 3 aliphatic heterocycles. The van der Waals surface area contributed by atoms with Crippen LogP contribution in [0.15, 0.2) is 84.2 Å². The first-order valence-corrected chi connectivity index (χ1v) is 23.2. The molecule has 9 rings (SSSR count). The van der Waals surface area contributed by atoms with Gasteiger partial charge in [-0.05, 0) is 139 Å². The van der Waals surface area contributed by atoms with Gasteiger partial charge in [0.2, 0.25) is 0 Å². The van der Waals surface area contributed by atoms with E-state index < -0.39 is 0 Å². The molecule has 1 saturated carbocycles. The summed E-state index contributed by atoms with van der Waals surface area (Å²) in [5.41, 5.74) is 19.0. The molecule has 60 heavy (non-hydrogen) atoms. The minimum Gasteiger partial charge on any atom is -0.501 e. The van der Waals surface area contributed by atoms with Crippen LogP contribution in [0.5, 0.6) is 0 Å². The van der Waals surface area contributed by atoms with Crippen molar-refractivity contribution in [1.82, 2.24) is 0 Å². The van der Waals surface area contributed by atoms with Gasteiger partial charge in [0.15, 0.2) is 0 Å². The van der Waals surface area contributed by atoms with Crippen molar-refractivity contribution in [1.29, 1.82) is 0 Å². The van der Waals surface area contributed by atoms with Crippen LogP contribution in [0.4, 0.5) is 28.4 Å². The van der Waals surface area contributed by atoms with Gasteiger partial charge < -0.3 is 14.5 Å². The van der Waals surface area contributed by atoms with E-state index in [0.29, 0.717) is 0 Å². The van der Waals surface area contributed by atoms with Gasteiger partial charge in [-0.25, -0.2) is 0 Å². The zero-order valence-electron chi connectivity index (χ0n) is 40.3. The van der Waals surface area contributed by atoms with Gasteiger partial charge in [-0.1, -0.05) is 148 Å². The van der Waals surface area contributed by atoms with Crippen LogP contribution in [0, 0.1) is 16.7 Å². The summed E-state index contributed by atoms with van der Waals surface area (Å²) >= 11 is 0. The lowest BCUT2D eigenvalue weighted by Crippen LogP contribution is -2.57. The number of anilines is 5. The topological polar surface area (TPSA) is 15.7 Å². The number of nitrogens with zero attached hydrogens (tertiary/aromatic N) is 2. The highest BCUT2D eigenvalue weighted by Gasteiger charge is 2.61. The van der Waals surface area contributed by atoms with E-state index in [9.17, 15) is 0 Å². The van der Waals surface area contributed by atoms with Gasteiger partial charge in [-0.3, -0.25) is 0 Å². The van der Waals surface area contributed by atoms with Gasteiger partial charge in [0.25, 0.3) is 6.71 Å². The molecule has 0 amide bonds. The Morgan fingerprint density at radius 2 is 0.967 bits per heavy atom. The molecule has 4 heteroatoms. The molecule has 0 N–H and O–H groups in total. The summed E-state index contributed by atoms with van der Waals surface area (Å²) in [7, 11) is 0. The molecule has 2 unspecified atom stereocenters. The predicted octanol–water partition coefficient (Wildman–Crippen LogP) is 14.1. The molecule has 4 aromatic rings. The van der Waals surface area contributed by atoms with Crippen molar-refractivity contribution < 1.29 is 4.74 Å². The number of fused-ring (bicyclic) bond motifs is 6. The van der Waals surface area contributed by atoms with Crippen LogP contribution in [0.2, 0.25) is 0 Å². The number of benzene rings is 4. The molecule has 3 heterocycles. The highest BCUT2D eigenvalue weighted by Crippen LogP contribution is 2.61. The standard InChI is InChI=1S/C56H73BN2O/c1-50(2,3)34-18-22-37(23-19-34)58-42-33-40-39(53(10,11)26-27-54(40,12)13)32-41(42)57-46-43(58)30-36(52(7,8)9)31-44(46)59(38-24-20-35(21-25-38)51(4,5)6)47-45-48(60-49(47)57)56(16,17)29-28-55(45,14)15/h18-25,30-33,45,48H,26-29H2,1-17H3. The third-order valence-electron chi connectivity index (χ3n) is 15.9. The Morgan fingerprint density at radius 3 is 1.47 bits per heavy atom. The van der Waals surface area contributed by atoms with Gasteiger partial charge in [0.1, 0.15) is 6.10 Å². The van der Waals surface area contributed by atoms with Gasteiger partial charge in [0, 0.05) is 39.8 Å². The third kappa shape index (κ3) is 6.26. The van der Waals surface area contributed by atoms with Crippen molar-refractivity contribution in [3.8, 4) is 0 Å². The summed E-state index contributed by atoms with van der Waals surface area (Å²) in [6.07, 6.45) is 4.78. The van der Waals surface area contributed by atoms with Gasteiger partial charge >= 0.3 is 0 Å². The summed E-state index contributed by atoms with van der Waals surface area (Å²) in [6, 6.07) is 29.5. The Hall–Kier alpha value is -3.92. The fourth-order valence-electron chi connectivity index (χ4n) is 11.6. The van der Waals surface area contributed by atoms with E-state index in [2.05, 4.69) is 200 Å². The third-order valence-corrected chi connectivity index (χ3v) is 15.9. The summed E-state index contributed by atoms with van der Waals surface area (Å²) < 4.78 is 7.80. The molecule has 0 spiro atoms. The maximum absolute atomic E-state index is 7.80.